The number of aromatic nitrogens is 2. The molecule has 1 saturated heterocycles. The van der Waals surface area contributed by atoms with Gasteiger partial charge < -0.3 is 14.8 Å². The van der Waals surface area contributed by atoms with E-state index in [1.165, 1.54) is 13.0 Å². The third-order valence-corrected chi connectivity index (χ3v) is 4.94. The molecule has 2 aromatic rings. The van der Waals surface area contributed by atoms with Gasteiger partial charge in [-0.2, -0.15) is 13.2 Å². The maximum absolute atomic E-state index is 13.2. The highest BCUT2D eigenvalue weighted by Gasteiger charge is 2.33. The van der Waals surface area contributed by atoms with Gasteiger partial charge in [0.05, 0.1) is 24.8 Å². The fraction of sp³-hybridized carbons (Fsp3) is 0.474. The molecule has 1 aromatic heterocycles. The van der Waals surface area contributed by atoms with Gasteiger partial charge in [0.1, 0.15) is 16.8 Å². The molecule has 9 heteroatoms. The van der Waals surface area contributed by atoms with Gasteiger partial charge in [-0.25, -0.2) is 9.97 Å². The molecule has 1 aromatic carbocycles. The predicted octanol–water partition coefficient (Wildman–Crippen LogP) is 4.85. The molecule has 1 unspecified atom stereocenters. The topological polar surface area (TPSA) is 56.3 Å². The lowest BCUT2D eigenvalue weighted by molar-refractivity contribution is -0.138. The number of halogens is 4. The molecule has 1 atom stereocenters. The Morgan fingerprint density at radius 1 is 1.21 bits per heavy atom. The zero-order valence-corrected chi connectivity index (χ0v) is 16.5. The van der Waals surface area contributed by atoms with E-state index >= 15 is 0 Å². The summed E-state index contributed by atoms with van der Waals surface area (Å²) in [6, 6.07) is 3.72. The van der Waals surface area contributed by atoms with Gasteiger partial charge >= 0.3 is 6.18 Å². The number of hydrogen-bond acceptors (Lipinski definition) is 5. The number of nitrogens with zero attached hydrogens (tertiary/aromatic N) is 2. The van der Waals surface area contributed by atoms with Crippen LogP contribution in [-0.4, -0.2) is 29.5 Å². The maximum Gasteiger partial charge on any atom is 0.416 e. The number of aryl methyl sites for hydroxylation is 1. The second-order valence-electron chi connectivity index (χ2n) is 6.65. The van der Waals surface area contributed by atoms with Crippen LogP contribution in [0.5, 0.6) is 0 Å². The molecule has 2 heterocycles. The summed E-state index contributed by atoms with van der Waals surface area (Å²) in [7, 11) is 0. The normalized spacial score (nSPS) is 16.4. The zero-order chi connectivity index (χ0) is 20.5. The number of anilines is 1. The van der Waals surface area contributed by atoms with Gasteiger partial charge in [0.25, 0.3) is 0 Å². The number of alkyl halides is 3. The number of benzene rings is 1. The van der Waals surface area contributed by atoms with Gasteiger partial charge in [0.15, 0.2) is 6.29 Å². The first-order chi connectivity index (χ1) is 13.2. The van der Waals surface area contributed by atoms with Crippen LogP contribution in [0, 0.1) is 13.8 Å². The molecule has 152 valence electrons. The van der Waals surface area contributed by atoms with E-state index in [1.54, 1.807) is 19.9 Å². The highest BCUT2D eigenvalue weighted by atomic mass is 35.5. The molecule has 1 N–H and O–H groups in total. The Hall–Kier alpha value is -1.90. The Bertz CT molecular complexity index is 855. The second-order valence-corrected chi connectivity index (χ2v) is 7.01. The summed E-state index contributed by atoms with van der Waals surface area (Å²) in [5.41, 5.74) is 0.664. The monoisotopic (exact) mass is 415 g/mol. The molecule has 0 amide bonds. The van der Waals surface area contributed by atoms with Crippen LogP contribution in [0.25, 0.3) is 0 Å². The van der Waals surface area contributed by atoms with Crippen molar-refractivity contribution in [3.05, 3.63) is 51.4 Å². The quantitative estimate of drug-likeness (QED) is 0.707. The van der Waals surface area contributed by atoms with Crippen molar-refractivity contribution in [2.45, 2.75) is 45.7 Å². The Morgan fingerprint density at radius 3 is 2.54 bits per heavy atom. The molecular weight excluding hydrogens is 395 g/mol. The summed E-state index contributed by atoms with van der Waals surface area (Å²) in [4.78, 5) is 8.58. The Balaban J connectivity index is 1.91. The first kappa shape index (κ1) is 20.8. The first-order valence-electron chi connectivity index (χ1n) is 8.86. The van der Waals surface area contributed by atoms with Crippen LogP contribution in [0.3, 0.4) is 0 Å². The van der Waals surface area contributed by atoms with Gasteiger partial charge in [-0.1, -0.05) is 23.7 Å². The van der Waals surface area contributed by atoms with Crippen LogP contribution in [0.4, 0.5) is 19.0 Å². The molecule has 0 radical (unpaired) electrons. The standard InChI is InChI=1S/C19H21ClF3N3O2/c1-10-13(5-4-6-15(10)19(21,22)23)11(2)24-18-14(9-16-27-7-8-28-16)17(20)25-12(3)26-18/h4-6,11,16H,7-9H2,1-3H3,(H,24,25,26). The molecule has 1 aliphatic rings. The molecule has 1 aliphatic heterocycles. The molecule has 0 saturated carbocycles. The van der Waals surface area contributed by atoms with E-state index in [4.69, 9.17) is 21.1 Å². The molecule has 0 bridgehead atoms. The predicted molar refractivity (Wildman–Crippen MR) is 99.4 cm³/mol. The summed E-state index contributed by atoms with van der Waals surface area (Å²) in [5.74, 6) is 0.915. The van der Waals surface area contributed by atoms with Crippen molar-refractivity contribution in [2.24, 2.45) is 0 Å². The fourth-order valence-electron chi connectivity index (χ4n) is 3.27. The van der Waals surface area contributed by atoms with E-state index in [0.29, 0.717) is 42.4 Å². The van der Waals surface area contributed by atoms with Gasteiger partial charge in [0, 0.05) is 12.0 Å². The van der Waals surface area contributed by atoms with Gasteiger partial charge in [-0.15, -0.1) is 0 Å². The summed E-state index contributed by atoms with van der Waals surface area (Å²) >= 11 is 6.31. The van der Waals surface area contributed by atoms with E-state index in [-0.39, 0.29) is 10.7 Å². The number of nitrogens with one attached hydrogen (secondary N) is 1. The molecule has 28 heavy (non-hydrogen) atoms. The van der Waals surface area contributed by atoms with Crippen LogP contribution in [0.2, 0.25) is 5.15 Å². The average molecular weight is 416 g/mol. The van der Waals surface area contributed by atoms with E-state index in [1.807, 2.05) is 0 Å². The Morgan fingerprint density at radius 2 is 1.89 bits per heavy atom. The van der Waals surface area contributed by atoms with Crippen LogP contribution in [0.1, 0.15) is 41.0 Å². The minimum absolute atomic E-state index is 0.177. The Kier molecular flexibility index (Phi) is 6.12. The lowest BCUT2D eigenvalue weighted by atomic mass is 9.97. The third-order valence-electron chi connectivity index (χ3n) is 4.63. The molecule has 5 nitrogen and oxygen atoms in total. The fourth-order valence-corrected chi connectivity index (χ4v) is 3.56. The smallest absolute Gasteiger partial charge is 0.363 e. The van der Waals surface area contributed by atoms with Gasteiger partial charge in [-0.3, -0.25) is 0 Å². The van der Waals surface area contributed by atoms with Crippen molar-refractivity contribution in [3.63, 3.8) is 0 Å². The highest BCUT2D eigenvalue weighted by Crippen LogP contribution is 2.35. The zero-order valence-electron chi connectivity index (χ0n) is 15.7. The van der Waals surface area contributed by atoms with Crippen molar-refractivity contribution in [1.29, 1.82) is 0 Å². The summed E-state index contributed by atoms with van der Waals surface area (Å²) in [6.45, 7) is 5.94. The number of hydrogen-bond donors (Lipinski definition) is 1. The summed E-state index contributed by atoms with van der Waals surface area (Å²) in [6.07, 6.45) is -4.51. The minimum atomic E-state index is -4.41. The van der Waals surface area contributed by atoms with Gasteiger partial charge in [-0.05, 0) is 38.0 Å². The van der Waals surface area contributed by atoms with E-state index in [0.717, 1.165) is 6.07 Å². The van der Waals surface area contributed by atoms with E-state index in [2.05, 4.69) is 15.3 Å². The lowest BCUT2D eigenvalue weighted by Crippen LogP contribution is -2.18. The van der Waals surface area contributed by atoms with Crippen LogP contribution >= 0.6 is 11.6 Å². The van der Waals surface area contributed by atoms with Crippen molar-refractivity contribution < 1.29 is 22.6 Å². The second kappa shape index (κ2) is 8.23. The van der Waals surface area contributed by atoms with Crippen molar-refractivity contribution in [2.75, 3.05) is 18.5 Å². The van der Waals surface area contributed by atoms with Gasteiger partial charge in [0.2, 0.25) is 0 Å². The highest BCUT2D eigenvalue weighted by molar-refractivity contribution is 6.30. The van der Waals surface area contributed by atoms with Crippen LogP contribution < -0.4 is 5.32 Å². The van der Waals surface area contributed by atoms with Crippen molar-refractivity contribution in [1.82, 2.24) is 9.97 Å². The van der Waals surface area contributed by atoms with Crippen molar-refractivity contribution in [3.8, 4) is 0 Å². The average Bonchev–Trinajstić information content (AvgIpc) is 3.10. The SMILES string of the molecule is Cc1nc(Cl)c(CC2OCCO2)c(NC(C)c2cccc(C(F)(F)F)c2C)n1. The Labute approximate surface area is 166 Å². The molecular formula is C19H21ClF3N3O2. The minimum Gasteiger partial charge on any atom is -0.363 e. The number of ether oxygens (including phenoxy) is 2. The summed E-state index contributed by atoms with van der Waals surface area (Å²) < 4.78 is 50.6. The summed E-state index contributed by atoms with van der Waals surface area (Å²) in [5, 5.41) is 3.45. The maximum atomic E-state index is 13.2. The number of rotatable bonds is 5. The van der Waals surface area contributed by atoms with Crippen LogP contribution in [-0.2, 0) is 22.1 Å². The lowest BCUT2D eigenvalue weighted by Gasteiger charge is -2.22. The molecule has 0 spiro atoms. The largest absolute Gasteiger partial charge is 0.416 e. The van der Waals surface area contributed by atoms with Crippen LogP contribution in [0.15, 0.2) is 18.2 Å². The van der Waals surface area contributed by atoms with E-state index in [9.17, 15) is 13.2 Å². The first-order valence-corrected chi connectivity index (χ1v) is 9.24. The third kappa shape index (κ3) is 4.56. The molecule has 0 aliphatic carbocycles. The van der Waals surface area contributed by atoms with E-state index < -0.39 is 24.1 Å². The molecule has 1 fully saturated rings. The van der Waals surface area contributed by atoms with Crippen molar-refractivity contribution >= 4 is 17.4 Å². The molecule has 3 rings (SSSR count).